The van der Waals surface area contributed by atoms with E-state index in [1.807, 2.05) is 0 Å². The highest BCUT2D eigenvalue weighted by Gasteiger charge is 2.44. The molecule has 2 saturated heterocycles. The molecule has 16 heteroatoms. The van der Waals surface area contributed by atoms with Crippen molar-refractivity contribution in [1.82, 2.24) is 24.7 Å². The van der Waals surface area contributed by atoms with E-state index in [-0.39, 0.29) is 39.1 Å². The van der Waals surface area contributed by atoms with Gasteiger partial charge in [-0.3, -0.25) is 9.59 Å². The minimum Gasteiger partial charge on any atom is -0.480 e. The molecule has 3 atom stereocenters. The average molecular weight is 668 g/mol. The van der Waals surface area contributed by atoms with E-state index in [0.29, 0.717) is 5.56 Å². The van der Waals surface area contributed by atoms with E-state index in [4.69, 9.17) is 9.47 Å². The summed E-state index contributed by atoms with van der Waals surface area (Å²) in [4.78, 5) is 68.1. The highest BCUT2D eigenvalue weighted by Crippen LogP contribution is 2.22. The van der Waals surface area contributed by atoms with E-state index in [0.717, 1.165) is 4.90 Å². The van der Waals surface area contributed by atoms with Gasteiger partial charge < -0.3 is 34.6 Å². The third kappa shape index (κ3) is 11.2. The molecule has 1 aromatic carbocycles. The summed E-state index contributed by atoms with van der Waals surface area (Å²) in [5.41, 5.74) is -1.07. The summed E-state index contributed by atoms with van der Waals surface area (Å²) in [6.07, 6.45) is -2.06. The van der Waals surface area contributed by atoms with Crippen LogP contribution in [0.2, 0.25) is 0 Å². The molecular formula is C30H45N5O10S. The smallest absolute Gasteiger partial charge is 0.410 e. The Balaban J connectivity index is 1.78. The molecule has 1 aromatic rings. The van der Waals surface area contributed by atoms with Gasteiger partial charge in [-0.1, -0.05) is 30.3 Å². The Morgan fingerprint density at radius 3 is 2.02 bits per heavy atom. The predicted octanol–water partition coefficient (Wildman–Crippen LogP) is 1.52. The third-order valence-corrected chi connectivity index (χ3v) is 8.43. The fraction of sp³-hybridized carbons (Fsp3) is 0.633. The Morgan fingerprint density at radius 1 is 0.913 bits per heavy atom. The fourth-order valence-corrected chi connectivity index (χ4v) is 6.42. The van der Waals surface area contributed by atoms with Gasteiger partial charge in [-0.25, -0.2) is 27.5 Å². The molecule has 3 N–H and O–H groups in total. The van der Waals surface area contributed by atoms with Crippen molar-refractivity contribution in [2.45, 2.75) is 89.5 Å². The Morgan fingerprint density at radius 2 is 1.48 bits per heavy atom. The molecule has 0 aromatic heterocycles. The highest BCUT2D eigenvalue weighted by molar-refractivity contribution is 7.88. The molecule has 46 heavy (non-hydrogen) atoms. The summed E-state index contributed by atoms with van der Waals surface area (Å²) >= 11 is 0. The van der Waals surface area contributed by atoms with Crippen LogP contribution in [0.4, 0.5) is 9.59 Å². The number of carboxylic acids is 1. The number of carbonyl (C=O) groups is 5. The van der Waals surface area contributed by atoms with Gasteiger partial charge in [-0.05, 0) is 47.1 Å². The maximum atomic E-state index is 13.9. The summed E-state index contributed by atoms with van der Waals surface area (Å²) in [6, 6.07) is 4.42. The first-order chi connectivity index (χ1) is 21.2. The number of nitrogens with zero attached hydrogens (tertiary/aromatic N) is 3. The number of likely N-dealkylation sites (tertiary alicyclic amines) is 1. The second-order valence-electron chi connectivity index (χ2n) is 13.4. The second kappa shape index (κ2) is 14.7. The highest BCUT2D eigenvalue weighted by atomic mass is 32.2. The first-order valence-electron chi connectivity index (χ1n) is 15.1. The molecule has 15 nitrogen and oxygen atoms in total. The van der Waals surface area contributed by atoms with Crippen molar-refractivity contribution in [3.05, 3.63) is 35.9 Å². The number of hydrogen-bond donors (Lipinski definition) is 3. The number of sulfonamides is 1. The molecule has 2 aliphatic heterocycles. The van der Waals surface area contributed by atoms with Crippen LogP contribution in [0.25, 0.3) is 0 Å². The topological polar surface area (TPSA) is 192 Å². The molecule has 0 saturated carbocycles. The van der Waals surface area contributed by atoms with Crippen molar-refractivity contribution in [2.75, 3.05) is 32.7 Å². The van der Waals surface area contributed by atoms with E-state index in [1.54, 1.807) is 71.9 Å². The molecule has 2 heterocycles. The number of benzene rings is 1. The number of amides is 4. The molecule has 3 unspecified atom stereocenters. The summed E-state index contributed by atoms with van der Waals surface area (Å²) < 4.78 is 39.4. The number of hydrogen-bond acceptors (Lipinski definition) is 9. The van der Waals surface area contributed by atoms with Gasteiger partial charge in [-0.2, -0.15) is 0 Å². The van der Waals surface area contributed by atoms with Gasteiger partial charge in [0, 0.05) is 39.1 Å². The van der Waals surface area contributed by atoms with Crippen LogP contribution in [-0.4, -0.2) is 120 Å². The summed E-state index contributed by atoms with van der Waals surface area (Å²) in [7, 11) is -4.19. The van der Waals surface area contributed by atoms with Crippen LogP contribution in [0.15, 0.2) is 30.3 Å². The molecule has 2 fully saturated rings. The lowest BCUT2D eigenvalue weighted by atomic mass is 10.1. The quantitative estimate of drug-likeness (QED) is 0.348. The average Bonchev–Trinajstić information content (AvgIpc) is 3.34. The van der Waals surface area contributed by atoms with Crippen LogP contribution in [0, 0.1) is 0 Å². The lowest BCUT2D eigenvalue weighted by Gasteiger charge is -2.36. The molecular weight excluding hydrogens is 622 g/mol. The molecule has 4 amide bonds. The fourth-order valence-electron chi connectivity index (χ4n) is 5.09. The van der Waals surface area contributed by atoms with Gasteiger partial charge in [0.05, 0.1) is 18.2 Å². The van der Waals surface area contributed by atoms with Gasteiger partial charge in [-0.15, -0.1) is 0 Å². The largest absolute Gasteiger partial charge is 0.480 e. The van der Waals surface area contributed by atoms with Gasteiger partial charge >= 0.3 is 18.2 Å². The molecule has 256 valence electrons. The van der Waals surface area contributed by atoms with Gasteiger partial charge in [0.2, 0.25) is 21.8 Å². The molecule has 0 radical (unpaired) electrons. The minimum atomic E-state index is -4.19. The number of rotatable bonds is 9. The van der Waals surface area contributed by atoms with Gasteiger partial charge in [0.25, 0.3) is 0 Å². The monoisotopic (exact) mass is 667 g/mol. The Bertz CT molecular complexity index is 1380. The number of carbonyl (C=O) groups excluding carboxylic acids is 4. The lowest BCUT2D eigenvalue weighted by Crippen LogP contribution is -2.56. The van der Waals surface area contributed by atoms with E-state index in [2.05, 4.69) is 10.0 Å². The molecule has 3 rings (SSSR count). The lowest BCUT2D eigenvalue weighted by molar-refractivity contribution is -0.149. The van der Waals surface area contributed by atoms with Crippen molar-refractivity contribution in [3.8, 4) is 0 Å². The minimum absolute atomic E-state index is 0.124. The SMILES string of the molecule is CC(C)(C)OC(=O)NC1CC(C(=O)O)N(C(=O)C(CC(=O)N2CCN(C(=O)OC(C)(C)C)CC2)NS(=O)(=O)Cc2ccccc2)C1. The van der Waals surface area contributed by atoms with Crippen LogP contribution in [0.1, 0.15) is 59.9 Å². The summed E-state index contributed by atoms with van der Waals surface area (Å²) in [5, 5.41) is 12.5. The Hall–Kier alpha value is -3.92. The third-order valence-electron chi connectivity index (χ3n) is 7.07. The zero-order chi connectivity index (χ0) is 34.4. The Kier molecular flexibility index (Phi) is 11.7. The van der Waals surface area contributed by atoms with Gasteiger partial charge in [0.15, 0.2) is 0 Å². The first-order valence-corrected chi connectivity index (χ1v) is 16.7. The number of alkyl carbamates (subject to hydrolysis) is 1. The maximum Gasteiger partial charge on any atom is 0.410 e. The van der Waals surface area contributed by atoms with Crippen molar-refractivity contribution >= 4 is 40.0 Å². The Labute approximate surface area is 269 Å². The number of aliphatic carboxylic acids is 1. The van der Waals surface area contributed by atoms with E-state index >= 15 is 0 Å². The first kappa shape index (κ1) is 36.5. The summed E-state index contributed by atoms with van der Waals surface area (Å²) in [5.74, 6) is -3.30. The maximum absolute atomic E-state index is 13.9. The predicted molar refractivity (Wildman–Crippen MR) is 166 cm³/mol. The molecule has 0 bridgehead atoms. The standard InChI is InChI=1S/C30H45N5O10S/c1-29(2,3)44-27(40)31-21-16-23(26(38)39)35(18-21)25(37)22(32-46(42,43)19-20-10-8-7-9-11-20)17-24(36)33-12-14-34(15-13-33)28(41)45-30(4,5)6/h7-11,21-23,32H,12-19H2,1-6H3,(H,31,40)(H,38,39). The van der Waals surface area contributed by atoms with Crippen LogP contribution >= 0.6 is 0 Å². The number of ether oxygens (including phenoxy) is 2. The molecule has 0 aliphatic carbocycles. The van der Waals surface area contributed by atoms with Crippen LogP contribution < -0.4 is 10.0 Å². The molecule has 0 spiro atoms. The van der Waals surface area contributed by atoms with Crippen molar-refractivity contribution in [1.29, 1.82) is 0 Å². The van der Waals surface area contributed by atoms with Crippen molar-refractivity contribution in [3.63, 3.8) is 0 Å². The van der Waals surface area contributed by atoms with Crippen LogP contribution in [0.5, 0.6) is 0 Å². The zero-order valence-corrected chi connectivity index (χ0v) is 28.0. The van der Waals surface area contributed by atoms with Crippen LogP contribution in [-0.2, 0) is 39.6 Å². The van der Waals surface area contributed by atoms with E-state index in [9.17, 15) is 37.5 Å². The van der Waals surface area contributed by atoms with E-state index in [1.165, 1.54) is 9.80 Å². The summed E-state index contributed by atoms with van der Waals surface area (Å²) in [6.45, 7) is 10.6. The van der Waals surface area contributed by atoms with Gasteiger partial charge in [0.1, 0.15) is 23.3 Å². The molecule has 2 aliphatic rings. The van der Waals surface area contributed by atoms with E-state index < -0.39 is 81.5 Å². The van der Waals surface area contributed by atoms with Crippen molar-refractivity contribution in [2.24, 2.45) is 0 Å². The van der Waals surface area contributed by atoms with Crippen LogP contribution in [0.3, 0.4) is 0 Å². The second-order valence-corrected chi connectivity index (χ2v) is 15.1. The number of piperazine rings is 1. The zero-order valence-electron chi connectivity index (χ0n) is 27.1. The number of nitrogens with one attached hydrogen (secondary N) is 2. The normalized spacial score (nSPS) is 19.7. The number of carboxylic acid groups (broad SMARTS) is 1. The van der Waals surface area contributed by atoms with Crippen molar-refractivity contribution < 1.29 is 47.0 Å².